The molecule has 220 valence electrons. The monoisotopic (exact) mass is 606 g/mol. The Morgan fingerprint density at radius 3 is 1.52 bits per heavy atom. The topological polar surface area (TPSA) is 25.8 Å². The summed E-state index contributed by atoms with van der Waals surface area (Å²) in [5, 5.41) is 7.59. The number of hydrogen-bond acceptors (Lipinski definition) is 2. The van der Waals surface area contributed by atoms with E-state index in [9.17, 15) is 0 Å². The van der Waals surface area contributed by atoms with Crippen LogP contribution in [0.3, 0.4) is 0 Å². The van der Waals surface area contributed by atoms with E-state index < -0.39 is 0 Å². The Bertz CT molecular complexity index is 2720. The smallest absolute Gasteiger partial charge is 0.0714 e. The molecule has 0 amide bonds. The summed E-state index contributed by atoms with van der Waals surface area (Å²) in [5.41, 5.74) is 17.1. The van der Waals surface area contributed by atoms with E-state index in [1.54, 1.807) is 0 Å². The molecule has 0 radical (unpaired) electrons. The van der Waals surface area contributed by atoms with E-state index in [-0.39, 0.29) is 0 Å². The summed E-state index contributed by atoms with van der Waals surface area (Å²) in [6.07, 6.45) is 3.80. The van der Waals surface area contributed by atoms with E-state index in [1.165, 1.54) is 99.1 Å². The highest BCUT2D eigenvalue weighted by Gasteiger charge is 2.32. The summed E-state index contributed by atoms with van der Waals surface area (Å²) in [6.45, 7) is 0. The van der Waals surface area contributed by atoms with Crippen LogP contribution in [0.2, 0.25) is 0 Å². The summed E-state index contributed by atoms with van der Waals surface area (Å²) in [4.78, 5) is 9.84. The van der Waals surface area contributed by atoms with Gasteiger partial charge in [0, 0.05) is 34.6 Å². The largest absolute Gasteiger partial charge is 0.256 e. The van der Waals surface area contributed by atoms with E-state index in [0.29, 0.717) is 0 Å². The van der Waals surface area contributed by atoms with Crippen molar-refractivity contribution in [1.82, 2.24) is 9.97 Å². The standard InChI is InChI=1S/C46H26N2/c1-2-13-34-33(12-1)43(39-18-3-5-24-47-39)45-36-17-9-16-31-29(22-23-37(42(31)36)46(45)44(34)40-19-4-6-25-48-40)28-20-21-30-32-14-7-10-27-11-8-15-35(41(27)32)38(30)26-28/h1-26H. The first-order valence-electron chi connectivity index (χ1n) is 16.5. The molecule has 0 saturated heterocycles. The van der Waals surface area contributed by atoms with Gasteiger partial charge in [-0.15, -0.1) is 0 Å². The Kier molecular flexibility index (Phi) is 5.14. The van der Waals surface area contributed by atoms with Gasteiger partial charge >= 0.3 is 0 Å². The Labute approximate surface area is 277 Å². The van der Waals surface area contributed by atoms with Crippen LogP contribution in [0.5, 0.6) is 0 Å². The van der Waals surface area contributed by atoms with Crippen molar-refractivity contribution in [2.45, 2.75) is 0 Å². The van der Waals surface area contributed by atoms with Gasteiger partial charge in [-0.25, -0.2) is 0 Å². The lowest BCUT2D eigenvalue weighted by Crippen LogP contribution is -1.95. The minimum Gasteiger partial charge on any atom is -0.256 e. The van der Waals surface area contributed by atoms with Gasteiger partial charge in [-0.2, -0.15) is 0 Å². The number of benzene rings is 7. The molecule has 2 heteroatoms. The number of pyridine rings is 2. The highest BCUT2D eigenvalue weighted by molar-refractivity contribution is 6.28. The second-order valence-electron chi connectivity index (χ2n) is 12.8. The predicted molar refractivity (Wildman–Crippen MR) is 200 cm³/mol. The maximum Gasteiger partial charge on any atom is 0.0714 e. The molecule has 2 nitrogen and oxygen atoms in total. The Morgan fingerprint density at radius 1 is 0.312 bits per heavy atom. The zero-order valence-corrected chi connectivity index (χ0v) is 25.9. The quantitative estimate of drug-likeness (QED) is 0.200. The fourth-order valence-electron chi connectivity index (χ4n) is 8.56. The van der Waals surface area contributed by atoms with Crippen LogP contribution in [-0.4, -0.2) is 9.97 Å². The van der Waals surface area contributed by atoms with Crippen LogP contribution in [0.15, 0.2) is 158 Å². The van der Waals surface area contributed by atoms with Crippen molar-refractivity contribution >= 4 is 32.3 Å². The molecular formula is C46H26N2. The molecule has 0 N–H and O–H groups in total. The molecular weight excluding hydrogens is 581 g/mol. The summed E-state index contributed by atoms with van der Waals surface area (Å²) < 4.78 is 0. The Hall–Kier alpha value is -6.38. The van der Waals surface area contributed by atoms with Gasteiger partial charge in [-0.1, -0.05) is 115 Å². The van der Waals surface area contributed by atoms with Crippen LogP contribution in [0, 0.1) is 0 Å². The first-order valence-corrected chi connectivity index (χ1v) is 16.5. The van der Waals surface area contributed by atoms with Crippen molar-refractivity contribution in [3.8, 4) is 78.1 Å². The van der Waals surface area contributed by atoms with E-state index >= 15 is 0 Å². The maximum atomic E-state index is 4.92. The number of aromatic nitrogens is 2. The molecule has 2 aliphatic carbocycles. The number of hydrogen-bond donors (Lipinski definition) is 0. The lowest BCUT2D eigenvalue weighted by Gasteiger charge is -2.19. The normalized spacial score (nSPS) is 12.2. The predicted octanol–water partition coefficient (Wildman–Crippen LogP) is 12.2. The van der Waals surface area contributed by atoms with E-state index in [4.69, 9.17) is 9.97 Å². The van der Waals surface area contributed by atoms with Crippen molar-refractivity contribution in [2.75, 3.05) is 0 Å². The molecule has 48 heavy (non-hydrogen) atoms. The summed E-state index contributed by atoms with van der Waals surface area (Å²) in [5.74, 6) is 0. The zero-order chi connectivity index (χ0) is 31.3. The molecule has 9 aromatic rings. The molecule has 0 unspecified atom stereocenters. The lowest BCUT2D eigenvalue weighted by atomic mass is 9.85. The molecule has 2 aromatic heterocycles. The van der Waals surface area contributed by atoms with Crippen molar-refractivity contribution in [2.24, 2.45) is 0 Å². The zero-order valence-electron chi connectivity index (χ0n) is 25.9. The van der Waals surface area contributed by atoms with Crippen LogP contribution < -0.4 is 0 Å². The van der Waals surface area contributed by atoms with E-state index in [1.807, 2.05) is 24.5 Å². The van der Waals surface area contributed by atoms with Crippen LogP contribution in [0.1, 0.15) is 0 Å². The van der Waals surface area contributed by atoms with Crippen molar-refractivity contribution in [3.05, 3.63) is 158 Å². The Morgan fingerprint density at radius 2 is 0.854 bits per heavy atom. The maximum absolute atomic E-state index is 4.92. The van der Waals surface area contributed by atoms with Crippen molar-refractivity contribution in [3.63, 3.8) is 0 Å². The highest BCUT2D eigenvalue weighted by atomic mass is 14.7. The molecule has 2 aliphatic rings. The van der Waals surface area contributed by atoms with Gasteiger partial charge in [-0.3, -0.25) is 9.97 Å². The second kappa shape index (κ2) is 9.57. The van der Waals surface area contributed by atoms with Gasteiger partial charge in [0.05, 0.1) is 11.4 Å². The van der Waals surface area contributed by atoms with Crippen LogP contribution in [0.25, 0.3) is 110 Å². The van der Waals surface area contributed by atoms with Gasteiger partial charge in [0.15, 0.2) is 0 Å². The minimum atomic E-state index is 0.981. The van der Waals surface area contributed by atoms with E-state index in [2.05, 4.69) is 133 Å². The van der Waals surface area contributed by atoms with Gasteiger partial charge in [0.25, 0.3) is 0 Å². The molecule has 0 aliphatic heterocycles. The fraction of sp³-hybridized carbons (Fsp3) is 0. The van der Waals surface area contributed by atoms with Crippen molar-refractivity contribution in [1.29, 1.82) is 0 Å². The first kappa shape index (κ1) is 25.8. The summed E-state index contributed by atoms with van der Waals surface area (Å²) in [7, 11) is 0. The third-order valence-corrected chi connectivity index (χ3v) is 10.5. The van der Waals surface area contributed by atoms with Crippen LogP contribution in [0.4, 0.5) is 0 Å². The molecule has 0 fully saturated rings. The van der Waals surface area contributed by atoms with Gasteiger partial charge in [0.1, 0.15) is 0 Å². The lowest BCUT2D eigenvalue weighted by molar-refractivity contribution is 1.33. The van der Waals surface area contributed by atoms with Crippen molar-refractivity contribution < 1.29 is 0 Å². The number of nitrogens with zero attached hydrogens (tertiary/aromatic N) is 2. The minimum absolute atomic E-state index is 0.981. The molecule has 2 heterocycles. The van der Waals surface area contributed by atoms with Crippen LogP contribution >= 0.6 is 0 Å². The third kappa shape index (κ3) is 3.36. The molecule has 0 spiro atoms. The van der Waals surface area contributed by atoms with Gasteiger partial charge < -0.3 is 0 Å². The summed E-state index contributed by atoms with van der Waals surface area (Å²) >= 11 is 0. The van der Waals surface area contributed by atoms with E-state index in [0.717, 1.165) is 11.4 Å². The average Bonchev–Trinajstić information content (AvgIpc) is 3.66. The fourth-order valence-corrected chi connectivity index (χ4v) is 8.56. The Balaban J connectivity index is 1.22. The molecule has 0 bridgehead atoms. The van der Waals surface area contributed by atoms with Gasteiger partial charge in [0.2, 0.25) is 0 Å². The third-order valence-electron chi connectivity index (χ3n) is 10.5. The second-order valence-corrected chi connectivity index (χ2v) is 12.8. The molecule has 0 saturated carbocycles. The summed E-state index contributed by atoms with van der Waals surface area (Å²) in [6, 6.07) is 53.0. The number of fused-ring (bicyclic) bond motifs is 7. The first-order chi connectivity index (χ1) is 23.8. The highest BCUT2D eigenvalue weighted by Crippen LogP contribution is 2.58. The molecule has 0 atom stereocenters. The molecule has 7 aromatic carbocycles. The SMILES string of the molecule is c1ccc(-c2c3c(c(-c4ccccn4)c4ccccc24)-c2ccc(-c4ccc5c(c4)-c4cccc6cccc-5c46)c4cccc-3c24)nc1. The number of rotatable bonds is 3. The van der Waals surface area contributed by atoms with Gasteiger partial charge in [-0.05, 0) is 107 Å². The molecule has 11 rings (SSSR count). The van der Waals surface area contributed by atoms with Crippen LogP contribution in [-0.2, 0) is 0 Å². The average molecular weight is 607 g/mol.